The summed E-state index contributed by atoms with van der Waals surface area (Å²) in [4.78, 5) is 10.5. The molecule has 1 aromatic carbocycles. The maximum Gasteiger partial charge on any atom is 0.304 e. The summed E-state index contributed by atoms with van der Waals surface area (Å²) >= 11 is 1.37. The molecule has 7 nitrogen and oxygen atoms in total. The van der Waals surface area contributed by atoms with Crippen molar-refractivity contribution in [2.75, 3.05) is 12.5 Å². The summed E-state index contributed by atoms with van der Waals surface area (Å²) in [6.45, 7) is 0.230. The van der Waals surface area contributed by atoms with Gasteiger partial charge in [-0.25, -0.2) is 0 Å². The van der Waals surface area contributed by atoms with Crippen molar-refractivity contribution in [3.63, 3.8) is 0 Å². The third kappa shape index (κ3) is 2.80. The van der Waals surface area contributed by atoms with Gasteiger partial charge in [-0.05, 0) is 18.2 Å². The summed E-state index contributed by atoms with van der Waals surface area (Å²) in [5, 5.41) is 17.6. The Labute approximate surface area is 124 Å². The van der Waals surface area contributed by atoms with Crippen molar-refractivity contribution >= 4 is 17.7 Å². The van der Waals surface area contributed by atoms with Gasteiger partial charge in [-0.3, -0.25) is 4.79 Å². The number of fused-ring (bicyclic) bond motifs is 1. The fraction of sp³-hybridized carbons (Fsp3) is 0.308. The van der Waals surface area contributed by atoms with Crippen molar-refractivity contribution in [1.82, 2.24) is 14.8 Å². The van der Waals surface area contributed by atoms with Gasteiger partial charge >= 0.3 is 5.97 Å². The highest BCUT2D eigenvalue weighted by Gasteiger charge is 2.17. The van der Waals surface area contributed by atoms with Crippen molar-refractivity contribution in [2.24, 2.45) is 7.05 Å². The molecule has 1 N–H and O–H groups in total. The third-order valence-electron chi connectivity index (χ3n) is 3.01. The minimum Gasteiger partial charge on any atom is -0.481 e. The lowest BCUT2D eigenvalue weighted by molar-refractivity contribution is -0.136. The number of ether oxygens (including phenoxy) is 2. The molecule has 0 atom stereocenters. The number of aliphatic carboxylic acids is 1. The molecule has 2 heterocycles. The average Bonchev–Trinajstić information content (AvgIpc) is 3.05. The molecule has 0 unspecified atom stereocenters. The highest BCUT2D eigenvalue weighted by Crippen LogP contribution is 2.35. The lowest BCUT2D eigenvalue weighted by Crippen LogP contribution is -1.99. The van der Waals surface area contributed by atoms with Crippen molar-refractivity contribution < 1.29 is 19.4 Å². The van der Waals surface area contributed by atoms with Crippen molar-refractivity contribution in [2.45, 2.75) is 11.6 Å². The summed E-state index contributed by atoms with van der Waals surface area (Å²) in [6.07, 6.45) is 0.0941. The van der Waals surface area contributed by atoms with E-state index in [1.54, 1.807) is 0 Å². The van der Waals surface area contributed by atoms with Crippen molar-refractivity contribution in [1.29, 1.82) is 0 Å². The molecule has 0 bridgehead atoms. The van der Waals surface area contributed by atoms with E-state index in [0.717, 1.165) is 11.3 Å². The molecule has 1 aliphatic rings. The quantitative estimate of drug-likeness (QED) is 0.842. The number of thioether (sulfide) groups is 1. The van der Waals surface area contributed by atoms with Gasteiger partial charge in [-0.15, -0.1) is 10.2 Å². The molecule has 0 spiro atoms. The molecule has 0 amide bonds. The van der Waals surface area contributed by atoms with Crippen LogP contribution >= 0.6 is 11.8 Å². The van der Waals surface area contributed by atoms with Crippen LogP contribution in [0.3, 0.4) is 0 Å². The topological polar surface area (TPSA) is 86.5 Å². The predicted octanol–water partition coefficient (Wildman–Crippen LogP) is 1.78. The van der Waals surface area contributed by atoms with Crippen molar-refractivity contribution in [3.05, 3.63) is 18.2 Å². The number of carboxylic acids is 1. The summed E-state index contributed by atoms with van der Waals surface area (Å²) in [6, 6.07) is 5.59. The summed E-state index contributed by atoms with van der Waals surface area (Å²) in [5.41, 5.74) is 0.874. The Morgan fingerprint density at radius 3 is 3.00 bits per heavy atom. The first-order valence-corrected chi connectivity index (χ1v) is 7.27. The monoisotopic (exact) mass is 307 g/mol. The molecule has 3 rings (SSSR count). The van der Waals surface area contributed by atoms with E-state index in [1.807, 2.05) is 29.8 Å². The Balaban J connectivity index is 1.80. The number of aromatic nitrogens is 3. The molecular formula is C13H13N3O4S. The first-order valence-electron chi connectivity index (χ1n) is 6.29. The van der Waals surface area contributed by atoms with Crippen LogP contribution in [0.1, 0.15) is 6.42 Å². The van der Waals surface area contributed by atoms with Gasteiger partial charge in [-0.1, -0.05) is 11.8 Å². The summed E-state index contributed by atoms with van der Waals surface area (Å²) in [5.74, 6) is 1.75. The third-order valence-corrected chi connectivity index (χ3v) is 4.03. The molecule has 0 saturated heterocycles. The van der Waals surface area contributed by atoms with Crippen LogP contribution in [0.5, 0.6) is 11.5 Å². The molecule has 0 aliphatic carbocycles. The van der Waals surface area contributed by atoms with Crippen LogP contribution in [0.25, 0.3) is 11.4 Å². The van der Waals surface area contributed by atoms with E-state index in [4.69, 9.17) is 14.6 Å². The molecule has 0 saturated carbocycles. The Morgan fingerprint density at radius 2 is 2.19 bits per heavy atom. The highest BCUT2D eigenvalue weighted by atomic mass is 32.2. The van der Waals surface area contributed by atoms with Crippen LogP contribution in [0.15, 0.2) is 23.4 Å². The van der Waals surface area contributed by atoms with Crippen molar-refractivity contribution in [3.8, 4) is 22.9 Å². The summed E-state index contributed by atoms with van der Waals surface area (Å²) < 4.78 is 12.5. The molecule has 0 radical (unpaired) electrons. The Kier molecular flexibility index (Phi) is 3.70. The van der Waals surface area contributed by atoms with Crippen LogP contribution < -0.4 is 9.47 Å². The number of benzene rings is 1. The van der Waals surface area contributed by atoms with Crippen LogP contribution in [0.2, 0.25) is 0 Å². The van der Waals surface area contributed by atoms with Gasteiger partial charge in [0.05, 0.1) is 6.42 Å². The average molecular weight is 307 g/mol. The van der Waals surface area contributed by atoms with Gasteiger partial charge < -0.3 is 19.1 Å². The standard InChI is InChI=1S/C13H13N3O4S/c1-16-12(14-15-13(16)21-5-4-11(17)18)8-2-3-9-10(6-8)20-7-19-9/h2-3,6H,4-5,7H2,1H3,(H,17,18). The van der Waals surface area contributed by atoms with Gasteiger partial charge in [0.15, 0.2) is 22.5 Å². The lowest BCUT2D eigenvalue weighted by atomic mass is 10.2. The number of hydrogen-bond acceptors (Lipinski definition) is 6. The second kappa shape index (κ2) is 5.65. The number of carbonyl (C=O) groups is 1. The zero-order chi connectivity index (χ0) is 14.8. The fourth-order valence-electron chi connectivity index (χ4n) is 1.96. The number of rotatable bonds is 5. The smallest absolute Gasteiger partial charge is 0.304 e. The second-order valence-electron chi connectivity index (χ2n) is 4.43. The molecule has 1 aromatic heterocycles. The lowest BCUT2D eigenvalue weighted by Gasteiger charge is -2.04. The number of nitrogens with zero attached hydrogens (tertiary/aromatic N) is 3. The first kappa shape index (κ1) is 13.7. The molecule has 0 fully saturated rings. The molecular weight excluding hydrogens is 294 g/mol. The fourth-order valence-corrected chi connectivity index (χ4v) is 2.80. The number of carboxylic acid groups (broad SMARTS) is 1. The van der Waals surface area contributed by atoms with E-state index in [1.165, 1.54) is 11.8 Å². The van der Waals surface area contributed by atoms with E-state index in [2.05, 4.69) is 10.2 Å². The van der Waals surface area contributed by atoms with Gasteiger partial charge in [0.1, 0.15) is 0 Å². The Bertz CT molecular complexity index is 686. The first-order chi connectivity index (χ1) is 10.1. The van der Waals surface area contributed by atoms with Gasteiger partial charge in [0, 0.05) is 18.4 Å². The molecule has 1 aliphatic heterocycles. The maximum atomic E-state index is 10.5. The zero-order valence-corrected chi connectivity index (χ0v) is 12.1. The summed E-state index contributed by atoms with van der Waals surface area (Å²) in [7, 11) is 1.85. The SMILES string of the molecule is Cn1c(SCCC(=O)O)nnc1-c1ccc2c(c1)OCO2. The van der Waals surface area contributed by atoms with E-state index in [9.17, 15) is 4.79 Å². The van der Waals surface area contributed by atoms with Gasteiger partial charge in [-0.2, -0.15) is 0 Å². The predicted molar refractivity (Wildman–Crippen MR) is 75.5 cm³/mol. The van der Waals surface area contributed by atoms with E-state index < -0.39 is 5.97 Å². The van der Waals surface area contributed by atoms with Crippen LogP contribution in [-0.4, -0.2) is 38.4 Å². The molecule has 21 heavy (non-hydrogen) atoms. The van der Waals surface area contributed by atoms with Crippen LogP contribution in [0, 0.1) is 0 Å². The normalized spacial score (nSPS) is 12.6. The van der Waals surface area contributed by atoms with E-state index >= 15 is 0 Å². The molecule has 8 heteroatoms. The maximum absolute atomic E-state index is 10.5. The van der Waals surface area contributed by atoms with Gasteiger partial charge in [0.2, 0.25) is 6.79 Å². The number of hydrogen-bond donors (Lipinski definition) is 1. The minimum atomic E-state index is -0.819. The minimum absolute atomic E-state index is 0.0941. The Morgan fingerprint density at radius 1 is 1.38 bits per heavy atom. The van der Waals surface area contributed by atoms with Gasteiger partial charge in [0.25, 0.3) is 0 Å². The second-order valence-corrected chi connectivity index (χ2v) is 5.49. The van der Waals surface area contributed by atoms with E-state index in [-0.39, 0.29) is 13.2 Å². The van der Waals surface area contributed by atoms with Crippen LogP contribution in [0.4, 0.5) is 0 Å². The molecule has 2 aromatic rings. The van der Waals surface area contributed by atoms with Crippen LogP contribution in [-0.2, 0) is 11.8 Å². The Hall–Kier alpha value is -2.22. The zero-order valence-electron chi connectivity index (χ0n) is 11.3. The highest BCUT2D eigenvalue weighted by molar-refractivity contribution is 7.99. The van der Waals surface area contributed by atoms with E-state index in [0.29, 0.717) is 22.5 Å². The molecule has 110 valence electrons. The largest absolute Gasteiger partial charge is 0.481 e.